The molecular weight excluding hydrogens is 376 g/mol. The Bertz CT molecular complexity index is 873. The van der Waals surface area contributed by atoms with Crippen LogP contribution in [-0.2, 0) is 4.79 Å². The van der Waals surface area contributed by atoms with Gasteiger partial charge in [-0.3, -0.25) is 9.59 Å². The molecule has 1 aliphatic rings. The van der Waals surface area contributed by atoms with Crippen LogP contribution in [0.15, 0.2) is 42.5 Å². The summed E-state index contributed by atoms with van der Waals surface area (Å²) < 4.78 is 5.52. The summed E-state index contributed by atoms with van der Waals surface area (Å²) in [7, 11) is 0. The summed E-state index contributed by atoms with van der Waals surface area (Å²) in [6.45, 7) is 7.88. The van der Waals surface area contributed by atoms with Crippen molar-refractivity contribution in [2.75, 3.05) is 19.7 Å². The Hall–Kier alpha value is -2.82. The lowest BCUT2D eigenvalue weighted by molar-refractivity contribution is -0.132. The summed E-state index contributed by atoms with van der Waals surface area (Å²) in [6.07, 6.45) is 3.11. The number of carbonyl (C=O) groups excluding carboxylic acids is 2. The van der Waals surface area contributed by atoms with Gasteiger partial charge >= 0.3 is 0 Å². The van der Waals surface area contributed by atoms with Gasteiger partial charge in [0.25, 0.3) is 5.91 Å². The van der Waals surface area contributed by atoms with Crippen LogP contribution in [0.25, 0.3) is 0 Å². The van der Waals surface area contributed by atoms with Crippen molar-refractivity contribution in [2.45, 2.75) is 52.5 Å². The molecule has 2 aromatic carbocycles. The fraction of sp³-hybridized carbons (Fsp3) is 0.440. The van der Waals surface area contributed by atoms with Gasteiger partial charge in [-0.15, -0.1) is 0 Å². The van der Waals surface area contributed by atoms with Crippen LogP contribution in [0.5, 0.6) is 5.75 Å². The second kappa shape index (κ2) is 10.3. The van der Waals surface area contributed by atoms with E-state index in [1.165, 1.54) is 16.7 Å². The number of hydrogen-bond acceptors (Lipinski definition) is 3. The van der Waals surface area contributed by atoms with Crippen LogP contribution >= 0.6 is 0 Å². The first-order chi connectivity index (χ1) is 14.5. The maximum atomic E-state index is 12.8. The fourth-order valence-corrected chi connectivity index (χ4v) is 4.23. The van der Waals surface area contributed by atoms with Gasteiger partial charge in [0, 0.05) is 19.5 Å². The van der Waals surface area contributed by atoms with Crippen LogP contribution in [0.1, 0.15) is 65.7 Å². The Morgan fingerprint density at radius 1 is 1.13 bits per heavy atom. The SMILES string of the molecule is CCOc1ccccc1C(=O)NCCCC(=O)N1CCCC1c1cc(C)cc(C)c1. The van der Waals surface area contributed by atoms with Crippen LogP contribution < -0.4 is 10.1 Å². The summed E-state index contributed by atoms with van der Waals surface area (Å²) in [5.74, 6) is 0.586. The number of ether oxygens (including phenoxy) is 1. The number of hydrogen-bond donors (Lipinski definition) is 1. The highest BCUT2D eigenvalue weighted by molar-refractivity contribution is 5.96. The largest absolute Gasteiger partial charge is 0.493 e. The molecule has 1 N–H and O–H groups in total. The van der Waals surface area contributed by atoms with Gasteiger partial charge in [-0.05, 0) is 57.7 Å². The molecule has 1 saturated heterocycles. The first-order valence-corrected chi connectivity index (χ1v) is 10.9. The van der Waals surface area contributed by atoms with E-state index in [4.69, 9.17) is 4.74 Å². The Labute approximate surface area is 179 Å². The zero-order chi connectivity index (χ0) is 21.5. The predicted octanol–water partition coefficient (Wildman–Crippen LogP) is 4.58. The lowest BCUT2D eigenvalue weighted by Gasteiger charge is -2.26. The molecule has 1 atom stereocenters. The summed E-state index contributed by atoms with van der Waals surface area (Å²) in [6, 6.07) is 13.9. The van der Waals surface area contributed by atoms with Gasteiger partial charge in [-0.25, -0.2) is 0 Å². The first kappa shape index (κ1) is 21.9. The molecule has 1 aliphatic heterocycles. The van der Waals surface area contributed by atoms with Gasteiger partial charge in [0.15, 0.2) is 0 Å². The number of carbonyl (C=O) groups is 2. The highest BCUT2D eigenvalue weighted by atomic mass is 16.5. The van der Waals surface area contributed by atoms with E-state index in [0.29, 0.717) is 37.3 Å². The van der Waals surface area contributed by atoms with E-state index in [1.54, 1.807) is 12.1 Å². The summed E-state index contributed by atoms with van der Waals surface area (Å²) >= 11 is 0. The lowest BCUT2D eigenvalue weighted by atomic mass is 9.99. The quantitative estimate of drug-likeness (QED) is 0.651. The van der Waals surface area contributed by atoms with Crippen LogP contribution in [-0.4, -0.2) is 36.4 Å². The smallest absolute Gasteiger partial charge is 0.255 e. The fourth-order valence-electron chi connectivity index (χ4n) is 4.23. The van der Waals surface area contributed by atoms with E-state index in [0.717, 1.165) is 19.4 Å². The Kier molecular flexibility index (Phi) is 7.50. The van der Waals surface area contributed by atoms with Crippen molar-refractivity contribution in [3.8, 4) is 5.75 Å². The van der Waals surface area contributed by atoms with Crippen LogP contribution in [0.2, 0.25) is 0 Å². The van der Waals surface area contributed by atoms with E-state index in [1.807, 2.05) is 24.0 Å². The van der Waals surface area contributed by atoms with Gasteiger partial charge in [0.05, 0.1) is 18.2 Å². The summed E-state index contributed by atoms with van der Waals surface area (Å²) in [5.41, 5.74) is 4.23. The van der Waals surface area contributed by atoms with Crippen molar-refractivity contribution >= 4 is 11.8 Å². The second-order valence-corrected chi connectivity index (χ2v) is 7.95. The number of rotatable bonds is 8. The van der Waals surface area contributed by atoms with Crippen molar-refractivity contribution in [3.63, 3.8) is 0 Å². The highest BCUT2D eigenvalue weighted by Crippen LogP contribution is 2.33. The number of aryl methyl sites for hydroxylation is 2. The first-order valence-electron chi connectivity index (χ1n) is 10.9. The molecule has 1 unspecified atom stereocenters. The van der Waals surface area contributed by atoms with E-state index in [-0.39, 0.29) is 17.9 Å². The molecule has 30 heavy (non-hydrogen) atoms. The zero-order valence-corrected chi connectivity index (χ0v) is 18.2. The Morgan fingerprint density at radius 2 is 1.87 bits per heavy atom. The van der Waals surface area contributed by atoms with Gasteiger partial charge in [0.1, 0.15) is 5.75 Å². The predicted molar refractivity (Wildman–Crippen MR) is 119 cm³/mol. The number of nitrogens with one attached hydrogen (secondary N) is 1. The average Bonchev–Trinajstić information content (AvgIpc) is 3.21. The average molecular weight is 409 g/mol. The Morgan fingerprint density at radius 3 is 2.60 bits per heavy atom. The molecule has 5 heteroatoms. The van der Waals surface area contributed by atoms with Crippen LogP contribution in [0.4, 0.5) is 0 Å². The van der Waals surface area contributed by atoms with Crippen molar-refractivity contribution in [2.24, 2.45) is 0 Å². The van der Waals surface area contributed by atoms with Crippen molar-refractivity contribution in [1.29, 1.82) is 0 Å². The molecule has 0 radical (unpaired) electrons. The summed E-state index contributed by atoms with van der Waals surface area (Å²) in [4.78, 5) is 27.3. The third kappa shape index (κ3) is 5.41. The standard InChI is InChI=1S/C25H32N2O3/c1-4-30-23-11-6-5-9-21(23)25(29)26-13-7-12-24(28)27-14-8-10-22(27)20-16-18(2)15-19(3)17-20/h5-6,9,11,15-17,22H,4,7-8,10,12-14H2,1-3H3,(H,26,29). The van der Waals surface area contributed by atoms with Crippen molar-refractivity contribution in [1.82, 2.24) is 10.2 Å². The van der Waals surface area contributed by atoms with E-state index in [9.17, 15) is 9.59 Å². The molecule has 2 amide bonds. The van der Waals surface area contributed by atoms with Gasteiger partial charge in [-0.1, -0.05) is 41.5 Å². The third-order valence-corrected chi connectivity index (χ3v) is 5.49. The minimum Gasteiger partial charge on any atom is -0.493 e. The minimum atomic E-state index is -0.166. The third-order valence-electron chi connectivity index (χ3n) is 5.49. The molecule has 3 rings (SSSR count). The number of amides is 2. The molecule has 1 fully saturated rings. The van der Waals surface area contributed by atoms with Gasteiger partial charge in [0.2, 0.25) is 5.91 Å². The molecule has 160 valence electrons. The number of likely N-dealkylation sites (tertiary alicyclic amines) is 1. The molecule has 0 saturated carbocycles. The van der Waals surface area contributed by atoms with Gasteiger partial charge < -0.3 is 15.0 Å². The van der Waals surface area contributed by atoms with Crippen molar-refractivity contribution < 1.29 is 14.3 Å². The number of benzene rings is 2. The maximum Gasteiger partial charge on any atom is 0.255 e. The molecule has 5 nitrogen and oxygen atoms in total. The monoisotopic (exact) mass is 408 g/mol. The highest BCUT2D eigenvalue weighted by Gasteiger charge is 2.29. The second-order valence-electron chi connectivity index (χ2n) is 7.95. The molecular formula is C25H32N2O3. The van der Waals surface area contributed by atoms with Crippen LogP contribution in [0, 0.1) is 13.8 Å². The van der Waals surface area contributed by atoms with Crippen LogP contribution in [0.3, 0.4) is 0 Å². The minimum absolute atomic E-state index is 0.166. The molecule has 1 heterocycles. The topological polar surface area (TPSA) is 58.6 Å². The van der Waals surface area contributed by atoms with E-state index in [2.05, 4.69) is 37.4 Å². The zero-order valence-electron chi connectivity index (χ0n) is 18.2. The number of para-hydroxylation sites is 1. The van der Waals surface area contributed by atoms with E-state index >= 15 is 0 Å². The molecule has 2 aromatic rings. The molecule has 0 spiro atoms. The normalized spacial score (nSPS) is 15.8. The van der Waals surface area contributed by atoms with Crippen molar-refractivity contribution in [3.05, 3.63) is 64.7 Å². The molecule has 0 bridgehead atoms. The van der Waals surface area contributed by atoms with E-state index < -0.39 is 0 Å². The Balaban J connectivity index is 1.51. The molecule has 0 aliphatic carbocycles. The summed E-state index contributed by atoms with van der Waals surface area (Å²) in [5, 5.41) is 2.91. The molecule has 0 aromatic heterocycles. The number of nitrogens with zero attached hydrogens (tertiary/aromatic N) is 1. The lowest BCUT2D eigenvalue weighted by Crippen LogP contribution is -2.32. The maximum absolute atomic E-state index is 12.8. The van der Waals surface area contributed by atoms with Gasteiger partial charge in [-0.2, -0.15) is 0 Å².